The molecule has 0 saturated carbocycles. The van der Waals surface area contributed by atoms with Gasteiger partial charge in [-0.1, -0.05) is 48.5 Å². The van der Waals surface area contributed by atoms with Crippen LogP contribution >= 0.6 is 0 Å². The molecule has 2 heterocycles. The first-order valence-corrected chi connectivity index (χ1v) is 9.69. The first-order chi connectivity index (χ1) is 14.7. The Bertz CT molecular complexity index is 1230. The van der Waals surface area contributed by atoms with Crippen molar-refractivity contribution in [3.63, 3.8) is 0 Å². The molecule has 0 saturated heterocycles. The Morgan fingerprint density at radius 3 is 2.87 bits per heavy atom. The second kappa shape index (κ2) is 7.51. The van der Waals surface area contributed by atoms with Crippen molar-refractivity contribution < 1.29 is 14.3 Å². The van der Waals surface area contributed by atoms with Crippen molar-refractivity contribution in [2.45, 2.75) is 19.1 Å². The smallest absolute Gasteiger partial charge is 0.229 e. The predicted molar refractivity (Wildman–Crippen MR) is 113 cm³/mol. The summed E-state index contributed by atoms with van der Waals surface area (Å²) in [5, 5.41) is 9.33. The highest BCUT2D eigenvalue weighted by Gasteiger charge is 2.28. The molecular formula is C23H20N4O3. The van der Waals surface area contributed by atoms with Crippen LogP contribution in [0.3, 0.4) is 0 Å². The highest BCUT2D eigenvalue weighted by molar-refractivity contribution is 5.91. The number of nitrogens with one attached hydrogen (secondary N) is 1. The number of methoxy groups -OCH3 is 1. The fourth-order valence-corrected chi connectivity index (χ4v) is 3.85. The van der Waals surface area contributed by atoms with Crippen molar-refractivity contribution in [1.82, 2.24) is 14.8 Å². The first-order valence-electron chi connectivity index (χ1n) is 9.69. The van der Waals surface area contributed by atoms with Crippen molar-refractivity contribution >= 4 is 22.6 Å². The molecule has 150 valence electrons. The number of ether oxygens (including phenoxy) is 2. The van der Waals surface area contributed by atoms with Crippen LogP contribution in [-0.4, -0.2) is 27.8 Å². The standard InChI is InChI=1S/C23H20N4O3/c1-29-21-11-16(19-12-22(28)26-23-24-14-25-27(19)23)9-10-20(21)30-13-17-7-4-6-15-5-2-3-8-18(15)17/h2-11,14,19H,12-13H2,1H3,(H,24,25,26,28)/t19-/m1/s1. The number of rotatable bonds is 5. The van der Waals surface area contributed by atoms with E-state index in [2.05, 4.69) is 39.7 Å². The second-order valence-electron chi connectivity index (χ2n) is 7.13. The van der Waals surface area contributed by atoms with E-state index in [0.29, 0.717) is 24.1 Å². The lowest BCUT2D eigenvalue weighted by Gasteiger charge is -2.24. The number of carbonyl (C=O) groups is 1. The van der Waals surface area contributed by atoms with Crippen molar-refractivity contribution in [2.24, 2.45) is 0 Å². The van der Waals surface area contributed by atoms with Crippen LogP contribution in [0.1, 0.15) is 23.6 Å². The number of benzene rings is 3. The minimum Gasteiger partial charge on any atom is -0.493 e. The topological polar surface area (TPSA) is 78.3 Å². The lowest BCUT2D eigenvalue weighted by Crippen LogP contribution is -2.29. The fourth-order valence-electron chi connectivity index (χ4n) is 3.85. The summed E-state index contributed by atoms with van der Waals surface area (Å²) < 4.78 is 13.4. The fraction of sp³-hybridized carbons (Fsp3) is 0.174. The summed E-state index contributed by atoms with van der Waals surface area (Å²) in [4.78, 5) is 16.1. The molecule has 0 spiro atoms. The van der Waals surface area contributed by atoms with Crippen LogP contribution in [0, 0.1) is 0 Å². The third-order valence-electron chi connectivity index (χ3n) is 5.33. The Kier molecular flexibility index (Phi) is 4.55. The molecule has 1 atom stereocenters. The van der Waals surface area contributed by atoms with Crippen LogP contribution in [0.5, 0.6) is 11.5 Å². The van der Waals surface area contributed by atoms with Crippen LogP contribution < -0.4 is 14.8 Å². The lowest BCUT2D eigenvalue weighted by molar-refractivity contribution is -0.117. The maximum absolute atomic E-state index is 12.0. The lowest BCUT2D eigenvalue weighted by atomic mass is 10.0. The summed E-state index contributed by atoms with van der Waals surface area (Å²) in [5.74, 6) is 1.62. The highest BCUT2D eigenvalue weighted by atomic mass is 16.5. The molecule has 1 N–H and O–H groups in total. The quantitative estimate of drug-likeness (QED) is 0.549. The van der Waals surface area contributed by atoms with Gasteiger partial charge in [0.05, 0.1) is 19.6 Å². The summed E-state index contributed by atoms with van der Waals surface area (Å²) in [6.07, 6.45) is 1.72. The van der Waals surface area contributed by atoms with Crippen LogP contribution in [0.2, 0.25) is 0 Å². The molecule has 5 rings (SSSR count). The van der Waals surface area contributed by atoms with E-state index >= 15 is 0 Å². The zero-order chi connectivity index (χ0) is 20.5. The van der Waals surface area contributed by atoms with Gasteiger partial charge in [0, 0.05) is 0 Å². The third kappa shape index (κ3) is 3.24. The molecular weight excluding hydrogens is 380 g/mol. The van der Waals surface area contributed by atoms with Gasteiger partial charge in [-0.05, 0) is 34.0 Å². The van der Waals surface area contributed by atoms with Gasteiger partial charge in [0.1, 0.15) is 12.9 Å². The van der Waals surface area contributed by atoms with Crippen LogP contribution in [-0.2, 0) is 11.4 Å². The largest absolute Gasteiger partial charge is 0.493 e. The summed E-state index contributed by atoms with van der Waals surface area (Å²) >= 11 is 0. The number of nitrogens with zero attached hydrogens (tertiary/aromatic N) is 3. The minimum absolute atomic E-state index is 0.0873. The molecule has 7 nitrogen and oxygen atoms in total. The Balaban J connectivity index is 1.42. The number of hydrogen-bond acceptors (Lipinski definition) is 5. The summed E-state index contributed by atoms with van der Waals surface area (Å²) in [6.45, 7) is 0.427. The van der Waals surface area contributed by atoms with E-state index in [9.17, 15) is 4.79 Å². The van der Waals surface area contributed by atoms with Crippen molar-refractivity contribution in [2.75, 3.05) is 12.4 Å². The van der Waals surface area contributed by atoms with E-state index in [0.717, 1.165) is 11.1 Å². The van der Waals surface area contributed by atoms with Gasteiger partial charge in [-0.15, -0.1) is 0 Å². The third-order valence-corrected chi connectivity index (χ3v) is 5.33. The van der Waals surface area contributed by atoms with Crippen molar-refractivity contribution in [3.05, 3.63) is 78.1 Å². The van der Waals surface area contributed by atoms with Gasteiger partial charge in [-0.2, -0.15) is 10.1 Å². The average Bonchev–Trinajstić information content (AvgIpc) is 3.25. The number of fused-ring (bicyclic) bond motifs is 2. The molecule has 0 fully saturated rings. The molecule has 4 aromatic rings. The molecule has 0 unspecified atom stereocenters. The Labute approximate surface area is 173 Å². The molecule has 1 aromatic heterocycles. The molecule has 1 amide bonds. The molecule has 0 radical (unpaired) electrons. The number of aromatic nitrogens is 3. The monoisotopic (exact) mass is 400 g/mol. The Morgan fingerprint density at radius 2 is 1.97 bits per heavy atom. The van der Waals surface area contributed by atoms with Gasteiger partial charge in [0.15, 0.2) is 11.5 Å². The number of hydrogen-bond donors (Lipinski definition) is 1. The summed E-state index contributed by atoms with van der Waals surface area (Å²) in [5.41, 5.74) is 2.02. The average molecular weight is 400 g/mol. The number of anilines is 1. The van der Waals surface area contributed by atoms with Crippen LogP contribution in [0.25, 0.3) is 10.8 Å². The normalized spacial score (nSPS) is 15.5. The minimum atomic E-state index is -0.239. The molecule has 7 heteroatoms. The van der Waals surface area contributed by atoms with E-state index in [1.807, 2.05) is 36.4 Å². The van der Waals surface area contributed by atoms with Crippen LogP contribution in [0.15, 0.2) is 67.0 Å². The highest BCUT2D eigenvalue weighted by Crippen LogP contribution is 2.35. The van der Waals surface area contributed by atoms with E-state index in [1.165, 1.54) is 17.1 Å². The molecule has 30 heavy (non-hydrogen) atoms. The number of amides is 1. The molecule has 0 bridgehead atoms. The summed E-state index contributed by atoms with van der Waals surface area (Å²) in [7, 11) is 1.61. The van der Waals surface area contributed by atoms with Gasteiger partial charge in [-0.3, -0.25) is 10.1 Å². The van der Waals surface area contributed by atoms with E-state index in [-0.39, 0.29) is 18.4 Å². The molecule has 1 aliphatic rings. The SMILES string of the molecule is COc1cc([C@H]2CC(=O)Nc3ncnn32)ccc1OCc1cccc2ccccc12. The maximum Gasteiger partial charge on any atom is 0.229 e. The second-order valence-corrected chi connectivity index (χ2v) is 7.13. The van der Waals surface area contributed by atoms with Crippen molar-refractivity contribution in [3.8, 4) is 11.5 Å². The summed E-state index contributed by atoms with van der Waals surface area (Å²) in [6, 6.07) is 19.9. The zero-order valence-electron chi connectivity index (χ0n) is 16.4. The zero-order valence-corrected chi connectivity index (χ0v) is 16.4. The van der Waals surface area contributed by atoms with Gasteiger partial charge < -0.3 is 9.47 Å². The predicted octanol–water partition coefficient (Wildman–Crippen LogP) is 3.95. The van der Waals surface area contributed by atoms with E-state index in [4.69, 9.17) is 9.47 Å². The molecule has 1 aliphatic heterocycles. The van der Waals surface area contributed by atoms with Crippen LogP contribution in [0.4, 0.5) is 5.95 Å². The molecule has 0 aliphatic carbocycles. The van der Waals surface area contributed by atoms with Gasteiger partial charge in [0.25, 0.3) is 0 Å². The van der Waals surface area contributed by atoms with Gasteiger partial charge >= 0.3 is 0 Å². The molecule has 3 aromatic carbocycles. The first kappa shape index (κ1) is 18.2. The van der Waals surface area contributed by atoms with Gasteiger partial charge in [-0.25, -0.2) is 4.68 Å². The van der Waals surface area contributed by atoms with Gasteiger partial charge in [0.2, 0.25) is 11.9 Å². The Morgan fingerprint density at radius 1 is 1.10 bits per heavy atom. The van der Waals surface area contributed by atoms with E-state index < -0.39 is 0 Å². The van der Waals surface area contributed by atoms with E-state index in [1.54, 1.807) is 11.8 Å². The Hall–Kier alpha value is -3.87. The number of carbonyl (C=O) groups excluding carboxylic acids is 1. The maximum atomic E-state index is 12.0. The van der Waals surface area contributed by atoms with Crippen molar-refractivity contribution in [1.29, 1.82) is 0 Å².